The Bertz CT molecular complexity index is 1610. The number of fused-ring (bicyclic) bond motifs is 1. The van der Waals surface area contributed by atoms with Crippen LogP contribution >= 0.6 is 0 Å². The van der Waals surface area contributed by atoms with Gasteiger partial charge < -0.3 is 24.8 Å². The lowest BCUT2D eigenvalue weighted by Gasteiger charge is -2.35. The Morgan fingerprint density at radius 3 is 2.47 bits per heavy atom. The molecule has 0 spiro atoms. The van der Waals surface area contributed by atoms with Crippen molar-refractivity contribution >= 4 is 27.5 Å². The average molecular weight is 670 g/mol. The Balaban J connectivity index is 1.65. The van der Waals surface area contributed by atoms with Crippen molar-refractivity contribution in [2.75, 3.05) is 38.7 Å². The largest absolute Gasteiger partial charge is 0.490 e. The molecule has 1 aliphatic heterocycles. The molecule has 2 N–H and O–H groups in total. The fourth-order valence-corrected chi connectivity index (χ4v) is 6.58. The predicted molar refractivity (Wildman–Crippen MR) is 177 cm³/mol. The number of hydrogen-bond donors (Lipinski definition) is 2. The lowest BCUT2D eigenvalue weighted by molar-refractivity contribution is -0.00834. The van der Waals surface area contributed by atoms with Crippen LogP contribution in [0.4, 0.5) is 10.1 Å². The second-order valence-corrected chi connectivity index (χ2v) is 14.1. The van der Waals surface area contributed by atoms with Crippen LogP contribution in [0.3, 0.4) is 0 Å². The lowest BCUT2D eigenvalue weighted by atomic mass is 10.0. The number of rotatable bonds is 8. The molecule has 3 aromatic carbocycles. The lowest BCUT2D eigenvalue weighted by Crippen LogP contribution is -2.48. The zero-order valence-corrected chi connectivity index (χ0v) is 28.1. The average Bonchev–Trinajstić information content (AvgIpc) is 3.06. The first-order valence-electron chi connectivity index (χ1n) is 15.8. The van der Waals surface area contributed by atoms with E-state index in [-0.39, 0.29) is 48.1 Å². The SMILES string of the molecule is C[C@@H]1CCCCO[C@H](CN(C)S(=O)(=O)c2ccc(F)cc2)[C@@H](C)CN([C@@H](C)CO)C(=O)c2cc(NC(=O)c3ccccc3)ccc2O1. The van der Waals surface area contributed by atoms with Gasteiger partial charge in [0, 0.05) is 43.9 Å². The summed E-state index contributed by atoms with van der Waals surface area (Å²) in [5.74, 6) is -1.30. The highest BCUT2D eigenvalue weighted by Gasteiger charge is 2.32. The second-order valence-electron chi connectivity index (χ2n) is 12.1. The van der Waals surface area contributed by atoms with Gasteiger partial charge in [0.2, 0.25) is 10.0 Å². The number of sulfonamides is 1. The highest BCUT2D eigenvalue weighted by atomic mass is 32.2. The molecule has 3 aromatic rings. The molecule has 0 bridgehead atoms. The summed E-state index contributed by atoms with van der Waals surface area (Å²) < 4.78 is 53.9. The first-order valence-corrected chi connectivity index (χ1v) is 17.3. The number of halogens is 1. The molecule has 4 rings (SSSR count). The summed E-state index contributed by atoms with van der Waals surface area (Å²) in [5.41, 5.74) is 1.09. The van der Waals surface area contributed by atoms with E-state index in [9.17, 15) is 27.5 Å². The molecular formula is C35H44FN3O7S. The van der Waals surface area contributed by atoms with Crippen LogP contribution in [0.15, 0.2) is 77.7 Å². The molecule has 0 fully saturated rings. The molecule has 10 nitrogen and oxygen atoms in total. The van der Waals surface area contributed by atoms with Crippen LogP contribution in [0, 0.1) is 11.7 Å². The van der Waals surface area contributed by atoms with Gasteiger partial charge in [-0.05, 0) is 87.7 Å². The van der Waals surface area contributed by atoms with Crippen LogP contribution < -0.4 is 10.1 Å². The maximum absolute atomic E-state index is 14.3. The predicted octanol–water partition coefficient (Wildman–Crippen LogP) is 5.19. The van der Waals surface area contributed by atoms with Crippen molar-refractivity contribution in [1.82, 2.24) is 9.21 Å². The summed E-state index contributed by atoms with van der Waals surface area (Å²) >= 11 is 0. The van der Waals surface area contributed by atoms with E-state index in [0.717, 1.165) is 18.6 Å². The molecular weight excluding hydrogens is 625 g/mol. The minimum Gasteiger partial charge on any atom is -0.490 e. The summed E-state index contributed by atoms with van der Waals surface area (Å²) in [7, 11) is -2.51. The van der Waals surface area contributed by atoms with E-state index in [4.69, 9.17) is 9.47 Å². The number of aliphatic hydroxyl groups is 1. The summed E-state index contributed by atoms with van der Waals surface area (Å²) in [6, 6.07) is 17.7. The number of likely N-dealkylation sites (N-methyl/N-ethyl adjacent to an activating group) is 1. The molecule has 12 heteroatoms. The molecule has 47 heavy (non-hydrogen) atoms. The van der Waals surface area contributed by atoms with Gasteiger partial charge in [0.1, 0.15) is 11.6 Å². The summed E-state index contributed by atoms with van der Waals surface area (Å²) in [4.78, 5) is 28.7. The molecule has 254 valence electrons. The van der Waals surface area contributed by atoms with Crippen LogP contribution in [-0.2, 0) is 14.8 Å². The maximum atomic E-state index is 14.3. The number of nitrogens with zero attached hydrogens (tertiary/aromatic N) is 2. The van der Waals surface area contributed by atoms with Crippen molar-refractivity contribution in [3.8, 4) is 5.75 Å². The highest BCUT2D eigenvalue weighted by Crippen LogP contribution is 2.29. The van der Waals surface area contributed by atoms with Crippen molar-refractivity contribution < 1.29 is 37.0 Å². The number of benzene rings is 3. The van der Waals surface area contributed by atoms with Crippen molar-refractivity contribution in [1.29, 1.82) is 0 Å². The van der Waals surface area contributed by atoms with Crippen LogP contribution in [-0.4, -0.2) is 86.1 Å². The normalized spacial score (nSPS) is 20.5. The summed E-state index contributed by atoms with van der Waals surface area (Å²) in [6.07, 6.45) is 1.31. The number of nitrogens with one attached hydrogen (secondary N) is 1. The van der Waals surface area contributed by atoms with Crippen LogP contribution in [0.2, 0.25) is 0 Å². The third-order valence-corrected chi connectivity index (χ3v) is 10.1. The third kappa shape index (κ3) is 9.38. The van der Waals surface area contributed by atoms with E-state index in [0.29, 0.717) is 36.4 Å². The van der Waals surface area contributed by atoms with Crippen molar-refractivity contribution in [3.63, 3.8) is 0 Å². The van der Waals surface area contributed by atoms with Gasteiger partial charge >= 0.3 is 0 Å². The highest BCUT2D eigenvalue weighted by molar-refractivity contribution is 7.89. The molecule has 1 aliphatic rings. The number of carbonyl (C=O) groups excluding carboxylic acids is 2. The fraction of sp³-hybridized carbons (Fsp3) is 0.429. The van der Waals surface area contributed by atoms with Gasteiger partial charge in [0.05, 0.1) is 35.3 Å². The number of aliphatic hydroxyl groups excluding tert-OH is 1. The molecule has 0 saturated heterocycles. The zero-order valence-electron chi connectivity index (χ0n) is 27.3. The van der Waals surface area contributed by atoms with Gasteiger partial charge in [-0.1, -0.05) is 25.1 Å². The smallest absolute Gasteiger partial charge is 0.258 e. The van der Waals surface area contributed by atoms with Crippen LogP contribution in [0.5, 0.6) is 5.75 Å². The number of anilines is 1. The Morgan fingerprint density at radius 1 is 1.09 bits per heavy atom. The second kappa shape index (κ2) is 16.3. The van der Waals surface area contributed by atoms with Gasteiger partial charge in [-0.3, -0.25) is 9.59 Å². The van der Waals surface area contributed by atoms with Crippen molar-refractivity contribution in [2.24, 2.45) is 5.92 Å². The van der Waals surface area contributed by atoms with E-state index >= 15 is 0 Å². The van der Waals surface area contributed by atoms with Gasteiger partial charge in [0.25, 0.3) is 11.8 Å². The number of hydrogen-bond acceptors (Lipinski definition) is 7. The zero-order chi connectivity index (χ0) is 34.1. The van der Waals surface area contributed by atoms with E-state index in [2.05, 4.69) is 5.32 Å². The van der Waals surface area contributed by atoms with E-state index in [1.807, 2.05) is 19.9 Å². The molecule has 0 aromatic heterocycles. The van der Waals surface area contributed by atoms with E-state index < -0.39 is 33.9 Å². The maximum Gasteiger partial charge on any atom is 0.258 e. The minimum atomic E-state index is -3.95. The first-order chi connectivity index (χ1) is 22.4. The Hall–Kier alpha value is -3.84. The van der Waals surface area contributed by atoms with Crippen molar-refractivity contribution in [2.45, 2.75) is 63.2 Å². The van der Waals surface area contributed by atoms with Gasteiger partial charge in [-0.25, -0.2) is 12.8 Å². The molecule has 0 unspecified atom stereocenters. The van der Waals surface area contributed by atoms with E-state index in [1.54, 1.807) is 49.4 Å². The Labute approximate surface area is 276 Å². The Kier molecular flexibility index (Phi) is 12.5. The van der Waals surface area contributed by atoms with Gasteiger partial charge in [0.15, 0.2) is 0 Å². The number of carbonyl (C=O) groups is 2. The fourth-order valence-electron chi connectivity index (χ4n) is 5.39. The first kappa shape index (κ1) is 36.0. The molecule has 0 saturated carbocycles. The quantitative estimate of drug-likeness (QED) is 0.338. The van der Waals surface area contributed by atoms with Crippen LogP contribution in [0.25, 0.3) is 0 Å². The van der Waals surface area contributed by atoms with Crippen molar-refractivity contribution in [3.05, 3.63) is 89.7 Å². The molecule has 2 amide bonds. The number of ether oxygens (including phenoxy) is 2. The summed E-state index contributed by atoms with van der Waals surface area (Å²) in [6.45, 7) is 5.68. The molecule has 0 aliphatic carbocycles. The third-order valence-electron chi connectivity index (χ3n) is 8.30. The monoisotopic (exact) mass is 669 g/mol. The van der Waals surface area contributed by atoms with Crippen LogP contribution in [0.1, 0.15) is 60.7 Å². The molecule has 0 radical (unpaired) electrons. The summed E-state index contributed by atoms with van der Waals surface area (Å²) in [5, 5.41) is 13.0. The topological polar surface area (TPSA) is 125 Å². The van der Waals surface area contributed by atoms with Gasteiger partial charge in [-0.15, -0.1) is 0 Å². The van der Waals surface area contributed by atoms with E-state index in [1.165, 1.54) is 28.4 Å². The molecule has 4 atom stereocenters. The minimum absolute atomic E-state index is 0.0117. The number of amides is 2. The Morgan fingerprint density at radius 2 is 1.79 bits per heavy atom. The molecule has 1 heterocycles. The standard InChI is InChI=1S/C35H44FN3O7S/c1-24-21-39(25(2)23-40)35(42)31-20-29(37-34(41)27-11-6-5-7-12-27)15-18-32(31)46-26(3)10-8-9-19-45-33(24)22-38(4)47(43,44)30-16-13-28(36)14-17-30/h5-7,11-18,20,24-26,33,40H,8-10,19,21-23H2,1-4H3,(H,37,41)/t24-,25-,26+,33+/m0/s1. The van der Waals surface area contributed by atoms with Gasteiger partial charge in [-0.2, -0.15) is 4.31 Å².